The Bertz CT molecular complexity index is 573. The predicted octanol–water partition coefficient (Wildman–Crippen LogP) is 0.931. The van der Waals surface area contributed by atoms with Crippen molar-refractivity contribution in [2.24, 2.45) is 10.7 Å². The van der Waals surface area contributed by atoms with Crippen molar-refractivity contribution < 1.29 is 8.42 Å². The minimum Gasteiger partial charge on any atom is -0.370 e. The van der Waals surface area contributed by atoms with E-state index in [1.807, 2.05) is 13.8 Å². The number of nitrogens with one attached hydrogen (secondary N) is 2. The highest BCUT2D eigenvalue weighted by Gasteiger charge is 2.13. The van der Waals surface area contributed by atoms with E-state index in [2.05, 4.69) is 15.0 Å². The van der Waals surface area contributed by atoms with Crippen molar-refractivity contribution in [3.8, 4) is 0 Å². The Morgan fingerprint density at radius 3 is 2.75 bits per heavy atom. The molecule has 20 heavy (non-hydrogen) atoms. The summed E-state index contributed by atoms with van der Waals surface area (Å²) in [6.07, 6.45) is 0. The van der Waals surface area contributed by atoms with Crippen LogP contribution in [0.2, 0.25) is 5.02 Å². The normalized spacial score (nSPS) is 12.7. The molecule has 0 aliphatic heterocycles. The van der Waals surface area contributed by atoms with Gasteiger partial charge in [-0.15, -0.1) is 0 Å². The Morgan fingerprint density at radius 1 is 1.45 bits per heavy atom. The van der Waals surface area contributed by atoms with Crippen LogP contribution in [-0.2, 0) is 10.0 Å². The van der Waals surface area contributed by atoms with Gasteiger partial charge in [0, 0.05) is 17.6 Å². The Morgan fingerprint density at radius 2 is 2.15 bits per heavy atom. The van der Waals surface area contributed by atoms with E-state index >= 15 is 0 Å². The second kappa shape index (κ2) is 7.47. The molecule has 0 aliphatic rings. The molecule has 112 valence electrons. The predicted molar refractivity (Wildman–Crippen MR) is 81.4 cm³/mol. The lowest BCUT2D eigenvalue weighted by atomic mass is 10.4. The van der Waals surface area contributed by atoms with Crippen molar-refractivity contribution in [3.63, 3.8) is 0 Å². The summed E-state index contributed by atoms with van der Waals surface area (Å²) in [7, 11) is -3.57. The van der Waals surface area contributed by atoms with Crippen molar-refractivity contribution in [3.05, 3.63) is 29.3 Å². The molecule has 0 amide bonds. The number of guanidine groups is 1. The van der Waals surface area contributed by atoms with Gasteiger partial charge >= 0.3 is 0 Å². The molecule has 6 nitrogen and oxygen atoms in total. The first-order valence-corrected chi connectivity index (χ1v) is 7.99. The molecule has 1 rings (SSSR count). The Kier molecular flexibility index (Phi) is 6.25. The lowest BCUT2D eigenvalue weighted by Crippen LogP contribution is -2.37. The third-order valence-corrected chi connectivity index (χ3v) is 3.92. The second-order valence-corrected chi connectivity index (χ2v) is 6.62. The molecule has 0 atom stereocenters. The molecule has 0 spiro atoms. The van der Waals surface area contributed by atoms with Gasteiger partial charge < -0.3 is 11.1 Å². The molecule has 1 aromatic rings. The lowest BCUT2D eigenvalue weighted by molar-refractivity contribution is 0.582. The van der Waals surface area contributed by atoms with Crippen LogP contribution in [0.1, 0.15) is 13.8 Å². The van der Waals surface area contributed by atoms with Crippen LogP contribution >= 0.6 is 11.6 Å². The SMILES string of the molecule is CC(C)NC(N)=NCCNS(=O)(=O)c1cccc(Cl)c1. The summed E-state index contributed by atoms with van der Waals surface area (Å²) in [6, 6.07) is 6.25. The van der Waals surface area contributed by atoms with Crippen molar-refractivity contribution >= 4 is 27.6 Å². The first-order valence-electron chi connectivity index (χ1n) is 6.13. The van der Waals surface area contributed by atoms with Gasteiger partial charge in [-0.05, 0) is 32.0 Å². The number of rotatable bonds is 6. The summed E-state index contributed by atoms with van der Waals surface area (Å²) in [5.74, 6) is 0.293. The average Bonchev–Trinajstić information content (AvgIpc) is 2.34. The summed E-state index contributed by atoms with van der Waals surface area (Å²) < 4.78 is 26.3. The molecular formula is C12H19ClN4O2S. The van der Waals surface area contributed by atoms with Crippen LogP contribution < -0.4 is 15.8 Å². The van der Waals surface area contributed by atoms with Crippen LogP contribution in [-0.4, -0.2) is 33.5 Å². The summed E-state index contributed by atoms with van der Waals surface area (Å²) in [4.78, 5) is 4.14. The van der Waals surface area contributed by atoms with Gasteiger partial charge in [0.2, 0.25) is 10.0 Å². The molecule has 0 saturated heterocycles. The smallest absolute Gasteiger partial charge is 0.240 e. The Balaban J connectivity index is 2.53. The molecule has 0 fully saturated rings. The van der Waals surface area contributed by atoms with Gasteiger partial charge in [-0.3, -0.25) is 4.99 Å². The molecule has 8 heteroatoms. The van der Waals surface area contributed by atoms with Gasteiger partial charge in [0.15, 0.2) is 5.96 Å². The molecule has 0 heterocycles. The van der Waals surface area contributed by atoms with Crippen molar-refractivity contribution in [1.82, 2.24) is 10.0 Å². The number of nitrogens with zero attached hydrogens (tertiary/aromatic N) is 1. The first-order chi connectivity index (χ1) is 9.31. The summed E-state index contributed by atoms with van der Waals surface area (Å²) in [5, 5.41) is 3.28. The van der Waals surface area contributed by atoms with E-state index in [4.69, 9.17) is 17.3 Å². The van der Waals surface area contributed by atoms with E-state index in [1.54, 1.807) is 12.1 Å². The van der Waals surface area contributed by atoms with E-state index in [9.17, 15) is 8.42 Å². The number of hydrogen-bond donors (Lipinski definition) is 3. The van der Waals surface area contributed by atoms with Crippen LogP contribution in [0.4, 0.5) is 0 Å². The summed E-state index contributed by atoms with van der Waals surface area (Å²) in [6.45, 7) is 4.29. The highest BCUT2D eigenvalue weighted by atomic mass is 35.5. The van der Waals surface area contributed by atoms with E-state index in [0.29, 0.717) is 11.0 Å². The third kappa shape index (κ3) is 5.77. The number of aliphatic imine (C=N–C) groups is 1. The zero-order valence-electron chi connectivity index (χ0n) is 11.4. The van der Waals surface area contributed by atoms with Crippen molar-refractivity contribution in [1.29, 1.82) is 0 Å². The Labute approximate surface area is 124 Å². The van der Waals surface area contributed by atoms with Gasteiger partial charge in [0.05, 0.1) is 11.4 Å². The number of sulfonamides is 1. The Hall–Kier alpha value is -1.31. The topological polar surface area (TPSA) is 96.6 Å². The molecule has 0 bridgehead atoms. The number of nitrogens with two attached hydrogens (primary N) is 1. The van der Waals surface area contributed by atoms with Gasteiger partial charge in [0.1, 0.15) is 0 Å². The van der Waals surface area contributed by atoms with Crippen LogP contribution in [0.25, 0.3) is 0 Å². The maximum Gasteiger partial charge on any atom is 0.240 e. The van der Waals surface area contributed by atoms with Crippen LogP contribution in [0, 0.1) is 0 Å². The van der Waals surface area contributed by atoms with E-state index in [0.717, 1.165) is 0 Å². The molecule has 1 aromatic carbocycles. The zero-order chi connectivity index (χ0) is 15.2. The standard InChI is InChI=1S/C12H19ClN4O2S/c1-9(2)17-12(14)15-6-7-16-20(18,19)11-5-3-4-10(13)8-11/h3-5,8-9,16H,6-7H2,1-2H3,(H3,14,15,17). The largest absolute Gasteiger partial charge is 0.370 e. The summed E-state index contributed by atoms with van der Waals surface area (Å²) >= 11 is 5.76. The number of benzene rings is 1. The highest BCUT2D eigenvalue weighted by Crippen LogP contribution is 2.14. The monoisotopic (exact) mass is 318 g/mol. The zero-order valence-corrected chi connectivity index (χ0v) is 13.0. The maximum absolute atomic E-state index is 11.9. The fourth-order valence-electron chi connectivity index (χ4n) is 1.42. The van der Waals surface area contributed by atoms with Crippen molar-refractivity contribution in [2.75, 3.05) is 13.1 Å². The van der Waals surface area contributed by atoms with Gasteiger partial charge in [-0.1, -0.05) is 17.7 Å². The minimum atomic E-state index is -3.57. The minimum absolute atomic E-state index is 0.127. The molecule has 0 unspecified atom stereocenters. The average molecular weight is 319 g/mol. The van der Waals surface area contributed by atoms with E-state index in [1.165, 1.54) is 12.1 Å². The summed E-state index contributed by atoms with van der Waals surface area (Å²) in [5.41, 5.74) is 5.60. The van der Waals surface area contributed by atoms with Gasteiger partial charge in [-0.2, -0.15) is 0 Å². The van der Waals surface area contributed by atoms with Crippen LogP contribution in [0.15, 0.2) is 34.2 Å². The van der Waals surface area contributed by atoms with E-state index in [-0.39, 0.29) is 24.0 Å². The van der Waals surface area contributed by atoms with Gasteiger partial charge in [-0.25, -0.2) is 13.1 Å². The third-order valence-electron chi connectivity index (χ3n) is 2.23. The number of hydrogen-bond acceptors (Lipinski definition) is 3. The molecular weight excluding hydrogens is 300 g/mol. The maximum atomic E-state index is 11.9. The van der Waals surface area contributed by atoms with Crippen LogP contribution in [0.5, 0.6) is 0 Å². The second-order valence-electron chi connectivity index (χ2n) is 4.42. The molecule has 0 aromatic heterocycles. The number of halogens is 1. The quantitative estimate of drug-likeness (QED) is 0.413. The molecule has 0 radical (unpaired) electrons. The fourth-order valence-corrected chi connectivity index (χ4v) is 2.74. The molecule has 0 aliphatic carbocycles. The van der Waals surface area contributed by atoms with Gasteiger partial charge in [0.25, 0.3) is 0 Å². The van der Waals surface area contributed by atoms with Crippen LogP contribution in [0.3, 0.4) is 0 Å². The van der Waals surface area contributed by atoms with Crippen molar-refractivity contribution in [2.45, 2.75) is 24.8 Å². The highest BCUT2D eigenvalue weighted by molar-refractivity contribution is 7.89. The lowest BCUT2D eigenvalue weighted by Gasteiger charge is -2.09. The van der Waals surface area contributed by atoms with E-state index < -0.39 is 10.0 Å². The first kappa shape index (κ1) is 16.7. The molecule has 4 N–H and O–H groups in total. The fraction of sp³-hybridized carbons (Fsp3) is 0.417. The molecule has 0 saturated carbocycles.